The van der Waals surface area contributed by atoms with Crippen molar-refractivity contribution in [2.45, 2.75) is 0 Å². The molecule has 0 fully saturated rings. The minimum Gasteiger partial charge on any atom is -0.477 e. The van der Waals surface area contributed by atoms with Crippen LogP contribution in [-0.4, -0.2) is 21.0 Å². The van der Waals surface area contributed by atoms with Crippen LogP contribution >= 0.6 is 15.9 Å². The van der Waals surface area contributed by atoms with E-state index >= 15 is 0 Å². The van der Waals surface area contributed by atoms with E-state index in [9.17, 15) is 9.18 Å². The number of fused-ring (bicyclic) bond motifs is 1. The minimum absolute atomic E-state index is 0.00926. The molecule has 2 rings (SSSR count). The van der Waals surface area contributed by atoms with Crippen LogP contribution in [-0.2, 0) is 0 Å². The summed E-state index contributed by atoms with van der Waals surface area (Å²) in [6.45, 7) is 0. The van der Waals surface area contributed by atoms with Crippen LogP contribution < -0.4 is 0 Å². The molecule has 0 aliphatic heterocycles. The van der Waals surface area contributed by atoms with Crippen molar-refractivity contribution in [3.8, 4) is 0 Å². The number of nitrogens with zero attached hydrogens (tertiary/aromatic N) is 1. The lowest BCUT2D eigenvalue weighted by Gasteiger charge is -1.92. The first-order valence-electron chi connectivity index (χ1n) is 3.66. The van der Waals surface area contributed by atoms with Crippen molar-refractivity contribution in [2.24, 2.45) is 0 Å². The highest BCUT2D eigenvalue weighted by atomic mass is 79.9. The van der Waals surface area contributed by atoms with Gasteiger partial charge in [0.05, 0.1) is 4.47 Å². The Bertz CT molecular complexity index is 484. The monoisotopic (exact) mass is 258 g/mol. The first kappa shape index (κ1) is 9.14. The molecular weight excluding hydrogens is 255 g/mol. The number of hydrogen-bond donors (Lipinski definition) is 2. The number of rotatable bonds is 1. The lowest BCUT2D eigenvalue weighted by atomic mass is 10.3. The summed E-state index contributed by atoms with van der Waals surface area (Å²) in [5, 5.41) is 9.21. The molecule has 2 aromatic rings. The molecule has 0 aromatic carbocycles. The maximum absolute atomic E-state index is 12.9. The van der Waals surface area contributed by atoms with Crippen molar-refractivity contribution in [1.82, 2.24) is 9.97 Å². The summed E-state index contributed by atoms with van der Waals surface area (Å²) in [5.41, 5.74) is 0.216. The van der Waals surface area contributed by atoms with Crippen molar-refractivity contribution in [3.05, 3.63) is 28.2 Å². The predicted octanol–water partition coefficient (Wildman–Crippen LogP) is 2.16. The van der Waals surface area contributed by atoms with E-state index in [0.717, 1.165) is 0 Å². The second-order valence-electron chi connectivity index (χ2n) is 2.69. The number of halogens is 2. The van der Waals surface area contributed by atoms with Crippen LogP contribution in [0.3, 0.4) is 0 Å². The number of H-pyrrole nitrogens is 1. The van der Waals surface area contributed by atoms with Crippen LogP contribution in [0.2, 0.25) is 0 Å². The fourth-order valence-corrected chi connectivity index (χ4v) is 1.46. The molecule has 0 bridgehead atoms. The largest absolute Gasteiger partial charge is 0.477 e. The number of carbonyl (C=O) groups is 1. The molecule has 0 saturated heterocycles. The van der Waals surface area contributed by atoms with Crippen molar-refractivity contribution >= 4 is 32.9 Å². The summed E-state index contributed by atoms with van der Waals surface area (Å²) >= 11 is 2.96. The van der Waals surface area contributed by atoms with Gasteiger partial charge in [0.2, 0.25) is 5.95 Å². The molecule has 14 heavy (non-hydrogen) atoms. The molecule has 0 aliphatic rings. The van der Waals surface area contributed by atoms with Crippen molar-refractivity contribution in [3.63, 3.8) is 0 Å². The standard InChI is InChI=1S/C8H4BrFN2O2/c9-4-1-3-2-5(8(13)14)11-7(3)12-6(4)10/h1-2H,(H,11,12)(H,13,14). The number of pyridine rings is 1. The summed E-state index contributed by atoms with van der Waals surface area (Å²) < 4.78 is 13.1. The Hall–Kier alpha value is -1.43. The van der Waals surface area contributed by atoms with E-state index in [1.807, 2.05) is 0 Å². The number of aromatic amines is 1. The van der Waals surface area contributed by atoms with Gasteiger partial charge in [-0.1, -0.05) is 0 Å². The normalized spacial score (nSPS) is 10.7. The van der Waals surface area contributed by atoms with Gasteiger partial charge in [0.15, 0.2) is 0 Å². The molecule has 2 heterocycles. The Balaban J connectivity index is 2.72. The van der Waals surface area contributed by atoms with Gasteiger partial charge in [-0.3, -0.25) is 0 Å². The summed E-state index contributed by atoms with van der Waals surface area (Å²) in [7, 11) is 0. The van der Waals surface area contributed by atoms with Gasteiger partial charge in [-0.2, -0.15) is 4.39 Å². The van der Waals surface area contributed by atoms with Crippen molar-refractivity contribution < 1.29 is 14.3 Å². The zero-order valence-electron chi connectivity index (χ0n) is 6.71. The van der Waals surface area contributed by atoms with E-state index in [1.165, 1.54) is 12.1 Å². The van der Waals surface area contributed by atoms with E-state index in [4.69, 9.17) is 5.11 Å². The highest BCUT2D eigenvalue weighted by molar-refractivity contribution is 9.10. The molecule has 2 aromatic heterocycles. The molecule has 4 nitrogen and oxygen atoms in total. The average molecular weight is 259 g/mol. The molecule has 72 valence electrons. The number of nitrogens with one attached hydrogen (secondary N) is 1. The molecule has 0 aliphatic carbocycles. The number of aromatic carboxylic acids is 1. The van der Waals surface area contributed by atoms with Crippen LogP contribution in [0, 0.1) is 5.95 Å². The van der Waals surface area contributed by atoms with Crippen molar-refractivity contribution in [2.75, 3.05) is 0 Å². The van der Waals surface area contributed by atoms with Crippen LogP contribution in [0.25, 0.3) is 11.0 Å². The topological polar surface area (TPSA) is 66.0 Å². The maximum atomic E-state index is 12.9. The lowest BCUT2D eigenvalue weighted by molar-refractivity contribution is 0.0691. The third kappa shape index (κ3) is 1.37. The van der Waals surface area contributed by atoms with E-state index in [0.29, 0.717) is 5.39 Å². The summed E-state index contributed by atoms with van der Waals surface area (Å²) in [5.74, 6) is -1.77. The highest BCUT2D eigenvalue weighted by Gasteiger charge is 2.10. The van der Waals surface area contributed by atoms with Gasteiger partial charge in [-0.05, 0) is 28.1 Å². The van der Waals surface area contributed by atoms with Crippen LogP contribution in [0.15, 0.2) is 16.6 Å². The molecule has 0 radical (unpaired) electrons. The number of carboxylic acids is 1. The SMILES string of the molecule is O=C(O)c1cc2cc(Br)c(F)nc2[nH]1. The van der Waals surface area contributed by atoms with Crippen LogP contribution in [0.5, 0.6) is 0 Å². The second-order valence-corrected chi connectivity index (χ2v) is 3.54. The molecule has 0 spiro atoms. The minimum atomic E-state index is -1.10. The lowest BCUT2D eigenvalue weighted by Crippen LogP contribution is -1.95. The van der Waals surface area contributed by atoms with Crippen LogP contribution in [0.4, 0.5) is 4.39 Å². The molecule has 0 amide bonds. The maximum Gasteiger partial charge on any atom is 0.352 e. The average Bonchev–Trinajstić information content (AvgIpc) is 2.48. The van der Waals surface area contributed by atoms with Gasteiger partial charge >= 0.3 is 5.97 Å². The smallest absolute Gasteiger partial charge is 0.352 e. The Morgan fingerprint density at radius 1 is 1.57 bits per heavy atom. The van der Waals surface area contributed by atoms with Gasteiger partial charge in [-0.25, -0.2) is 9.78 Å². The Morgan fingerprint density at radius 3 is 2.93 bits per heavy atom. The number of carboxylic acid groups (broad SMARTS) is 1. The second kappa shape index (κ2) is 3.06. The van der Waals surface area contributed by atoms with E-state index in [1.54, 1.807) is 0 Å². The fraction of sp³-hybridized carbons (Fsp3) is 0. The van der Waals surface area contributed by atoms with Gasteiger partial charge in [-0.15, -0.1) is 0 Å². The Morgan fingerprint density at radius 2 is 2.29 bits per heavy atom. The van der Waals surface area contributed by atoms with Gasteiger partial charge in [0.1, 0.15) is 11.3 Å². The summed E-state index contributed by atoms with van der Waals surface area (Å²) in [4.78, 5) is 16.6. The molecular formula is C8H4BrFN2O2. The summed E-state index contributed by atoms with van der Waals surface area (Å²) in [6, 6.07) is 2.87. The molecule has 6 heteroatoms. The van der Waals surface area contributed by atoms with Gasteiger partial charge in [0, 0.05) is 5.39 Å². The Kier molecular flexibility index (Phi) is 1.99. The first-order valence-corrected chi connectivity index (χ1v) is 4.45. The number of hydrogen-bond acceptors (Lipinski definition) is 2. The number of aromatic nitrogens is 2. The fourth-order valence-electron chi connectivity index (χ4n) is 1.13. The highest BCUT2D eigenvalue weighted by Crippen LogP contribution is 2.20. The van der Waals surface area contributed by atoms with E-state index < -0.39 is 11.9 Å². The van der Waals surface area contributed by atoms with E-state index in [-0.39, 0.29) is 15.8 Å². The van der Waals surface area contributed by atoms with Gasteiger partial charge in [0.25, 0.3) is 0 Å². The summed E-state index contributed by atoms with van der Waals surface area (Å²) in [6.07, 6.45) is 0. The quantitative estimate of drug-likeness (QED) is 0.771. The zero-order chi connectivity index (χ0) is 10.3. The zero-order valence-corrected chi connectivity index (χ0v) is 8.30. The van der Waals surface area contributed by atoms with E-state index in [2.05, 4.69) is 25.9 Å². The van der Waals surface area contributed by atoms with Gasteiger partial charge < -0.3 is 10.1 Å². The third-order valence-corrected chi connectivity index (χ3v) is 2.30. The molecule has 0 atom stereocenters. The first-order chi connectivity index (χ1) is 6.58. The van der Waals surface area contributed by atoms with Crippen LogP contribution in [0.1, 0.15) is 10.5 Å². The molecule has 2 N–H and O–H groups in total. The molecule has 0 saturated carbocycles. The molecule has 0 unspecified atom stereocenters. The van der Waals surface area contributed by atoms with Crippen molar-refractivity contribution in [1.29, 1.82) is 0 Å². The third-order valence-electron chi connectivity index (χ3n) is 1.75. The Labute approximate surface area is 85.9 Å². The predicted molar refractivity (Wildman–Crippen MR) is 50.7 cm³/mol.